The number of rotatable bonds is 5. The quantitative estimate of drug-likeness (QED) is 0.862. The summed E-state index contributed by atoms with van der Waals surface area (Å²) in [6.07, 6.45) is 1.76. The predicted octanol–water partition coefficient (Wildman–Crippen LogP) is 2.44. The van der Waals surface area contributed by atoms with Gasteiger partial charge < -0.3 is 10.1 Å². The Kier molecular flexibility index (Phi) is 3.91. The Morgan fingerprint density at radius 3 is 2.94 bits per heavy atom. The fourth-order valence-corrected chi connectivity index (χ4v) is 1.95. The topological polar surface area (TPSA) is 34.1 Å². The van der Waals surface area contributed by atoms with Gasteiger partial charge in [0.05, 0.1) is 11.9 Å². The summed E-state index contributed by atoms with van der Waals surface area (Å²) in [6.45, 7) is 1.40. The third-order valence-corrected chi connectivity index (χ3v) is 2.97. The maximum absolute atomic E-state index is 5.61. The summed E-state index contributed by atoms with van der Waals surface area (Å²) in [5.41, 5.74) is 1.02. The minimum Gasteiger partial charge on any atom is -0.486 e. The van der Waals surface area contributed by atoms with Crippen molar-refractivity contribution in [3.63, 3.8) is 0 Å². The summed E-state index contributed by atoms with van der Waals surface area (Å²) < 4.78 is 5.61. The first kappa shape index (κ1) is 11.1. The van der Waals surface area contributed by atoms with E-state index in [1.807, 2.05) is 30.6 Å². The zero-order valence-electron chi connectivity index (χ0n) is 9.14. The molecule has 0 atom stereocenters. The molecule has 16 heavy (non-hydrogen) atoms. The summed E-state index contributed by atoms with van der Waals surface area (Å²) in [5, 5.41) is 5.10. The Morgan fingerprint density at radius 2 is 2.31 bits per heavy atom. The van der Waals surface area contributed by atoms with E-state index in [4.69, 9.17) is 4.74 Å². The second-order valence-electron chi connectivity index (χ2n) is 3.38. The third kappa shape index (κ3) is 3.05. The van der Waals surface area contributed by atoms with E-state index >= 15 is 0 Å². The highest BCUT2D eigenvalue weighted by atomic mass is 32.1. The van der Waals surface area contributed by atoms with Gasteiger partial charge in [-0.1, -0.05) is 6.07 Å². The summed E-state index contributed by atoms with van der Waals surface area (Å²) in [7, 11) is 1.91. The van der Waals surface area contributed by atoms with Crippen molar-refractivity contribution in [2.24, 2.45) is 0 Å². The van der Waals surface area contributed by atoms with Crippen LogP contribution in [0.4, 0.5) is 0 Å². The number of nitrogens with one attached hydrogen (secondary N) is 1. The van der Waals surface area contributed by atoms with Crippen LogP contribution < -0.4 is 10.1 Å². The number of nitrogens with zero attached hydrogens (tertiary/aromatic N) is 1. The van der Waals surface area contributed by atoms with Crippen LogP contribution in [-0.4, -0.2) is 12.0 Å². The average Bonchev–Trinajstić information content (AvgIpc) is 2.82. The van der Waals surface area contributed by atoms with Gasteiger partial charge in [0.15, 0.2) is 0 Å². The Balaban J connectivity index is 1.90. The maximum atomic E-state index is 5.61. The molecule has 0 aliphatic heterocycles. The van der Waals surface area contributed by atoms with E-state index in [9.17, 15) is 0 Å². The van der Waals surface area contributed by atoms with Crippen molar-refractivity contribution in [2.45, 2.75) is 13.2 Å². The van der Waals surface area contributed by atoms with Crippen molar-refractivity contribution >= 4 is 11.3 Å². The molecular formula is C12H14N2OS. The first-order valence-corrected chi connectivity index (χ1v) is 6.01. The number of aromatic nitrogens is 1. The smallest absolute Gasteiger partial charge is 0.138 e. The maximum Gasteiger partial charge on any atom is 0.138 e. The average molecular weight is 234 g/mol. The van der Waals surface area contributed by atoms with Gasteiger partial charge in [0.25, 0.3) is 0 Å². The van der Waals surface area contributed by atoms with Gasteiger partial charge in [-0.25, -0.2) is 0 Å². The zero-order chi connectivity index (χ0) is 11.2. The van der Waals surface area contributed by atoms with Crippen LogP contribution >= 0.6 is 11.3 Å². The van der Waals surface area contributed by atoms with Crippen molar-refractivity contribution in [1.82, 2.24) is 10.3 Å². The summed E-state index contributed by atoms with van der Waals surface area (Å²) in [6, 6.07) is 8.01. The highest BCUT2D eigenvalue weighted by Gasteiger charge is 1.98. The molecule has 0 radical (unpaired) electrons. The van der Waals surface area contributed by atoms with Crippen molar-refractivity contribution in [3.8, 4) is 5.75 Å². The molecule has 0 fully saturated rings. The lowest BCUT2D eigenvalue weighted by molar-refractivity contribution is 0.308. The summed E-state index contributed by atoms with van der Waals surface area (Å²) in [4.78, 5) is 5.51. The summed E-state index contributed by atoms with van der Waals surface area (Å²) in [5.74, 6) is 0.813. The van der Waals surface area contributed by atoms with Crippen molar-refractivity contribution < 1.29 is 4.74 Å². The SMILES string of the molecule is CNCc1ccc(OCc2cccs2)cn1. The van der Waals surface area contributed by atoms with E-state index in [1.165, 1.54) is 4.88 Å². The molecule has 0 amide bonds. The Hall–Kier alpha value is -1.39. The second kappa shape index (κ2) is 5.63. The van der Waals surface area contributed by atoms with Gasteiger partial charge in [0.1, 0.15) is 12.4 Å². The van der Waals surface area contributed by atoms with Gasteiger partial charge in [-0.3, -0.25) is 4.98 Å². The van der Waals surface area contributed by atoms with Gasteiger partial charge in [-0.15, -0.1) is 11.3 Å². The molecule has 0 aliphatic rings. The minimum atomic E-state index is 0.616. The number of hydrogen-bond acceptors (Lipinski definition) is 4. The number of ether oxygens (including phenoxy) is 1. The van der Waals surface area contributed by atoms with Crippen LogP contribution in [0.5, 0.6) is 5.75 Å². The first-order chi connectivity index (χ1) is 7.88. The molecule has 2 aromatic rings. The van der Waals surface area contributed by atoms with Gasteiger partial charge in [-0.2, -0.15) is 0 Å². The molecule has 0 bridgehead atoms. The molecule has 0 aliphatic carbocycles. The van der Waals surface area contributed by atoms with Crippen LogP contribution in [0.25, 0.3) is 0 Å². The van der Waals surface area contributed by atoms with Crippen LogP contribution in [0.3, 0.4) is 0 Å². The lowest BCUT2D eigenvalue weighted by Gasteiger charge is -2.05. The molecule has 2 aromatic heterocycles. The molecule has 0 unspecified atom stereocenters. The largest absolute Gasteiger partial charge is 0.486 e. The van der Waals surface area contributed by atoms with Gasteiger partial charge in [0, 0.05) is 11.4 Å². The molecule has 0 aromatic carbocycles. The second-order valence-corrected chi connectivity index (χ2v) is 4.42. The van der Waals surface area contributed by atoms with E-state index in [-0.39, 0.29) is 0 Å². The van der Waals surface area contributed by atoms with Gasteiger partial charge in [0.2, 0.25) is 0 Å². The molecule has 0 spiro atoms. The highest BCUT2D eigenvalue weighted by Crippen LogP contribution is 2.14. The van der Waals surface area contributed by atoms with Crippen LogP contribution in [-0.2, 0) is 13.2 Å². The summed E-state index contributed by atoms with van der Waals surface area (Å²) >= 11 is 1.70. The Bertz CT molecular complexity index is 411. The normalized spacial score (nSPS) is 10.3. The van der Waals surface area contributed by atoms with Crippen molar-refractivity contribution in [3.05, 3.63) is 46.4 Å². The number of pyridine rings is 1. The van der Waals surface area contributed by atoms with Crippen molar-refractivity contribution in [1.29, 1.82) is 0 Å². The molecular weight excluding hydrogens is 220 g/mol. The lowest BCUT2D eigenvalue weighted by atomic mass is 10.3. The highest BCUT2D eigenvalue weighted by molar-refractivity contribution is 7.09. The van der Waals surface area contributed by atoms with E-state index in [2.05, 4.69) is 16.4 Å². The molecule has 0 saturated carbocycles. The van der Waals surface area contributed by atoms with E-state index in [0.717, 1.165) is 18.0 Å². The van der Waals surface area contributed by atoms with Crippen LogP contribution in [0, 0.1) is 0 Å². The molecule has 2 rings (SSSR count). The van der Waals surface area contributed by atoms with Crippen molar-refractivity contribution in [2.75, 3.05) is 7.05 Å². The van der Waals surface area contributed by atoms with Crippen LogP contribution in [0.2, 0.25) is 0 Å². The lowest BCUT2D eigenvalue weighted by Crippen LogP contribution is -2.06. The van der Waals surface area contributed by atoms with E-state index in [1.54, 1.807) is 17.5 Å². The predicted molar refractivity (Wildman–Crippen MR) is 65.7 cm³/mol. The third-order valence-electron chi connectivity index (χ3n) is 2.12. The van der Waals surface area contributed by atoms with E-state index < -0.39 is 0 Å². The standard InChI is InChI=1S/C12H14N2OS/c1-13-7-10-4-5-11(8-14-10)15-9-12-3-2-6-16-12/h2-6,8,13H,7,9H2,1H3. The minimum absolute atomic E-state index is 0.616. The molecule has 84 valence electrons. The molecule has 4 heteroatoms. The Labute approximate surface area is 99.1 Å². The zero-order valence-corrected chi connectivity index (χ0v) is 9.96. The first-order valence-electron chi connectivity index (χ1n) is 5.13. The van der Waals surface area contributed by atoms with Gasteiger partial charge >= 0.3 is 0 Å². The van der Waals surface area contributed by atoms with Crippen LogP contribution in [0.1, 0.15) is 10.6 Å². The number of hydrogen-bond donors (Lipinski definition) is 1. The monoisotopic (exact) mass is 234 g/mol. The Morgan fingerprint density at radius 1 is 1.38 bits per heavy atom. The molecule has 0 saturated heterocycles. The molecule has 3 nitrogen and oxygen atoms in total. The fraction of sp³-hybridized carbons (Fsp3) is 0.250. The molecule has 2 heterocycles. The van der Waals surface area contributed by atoms with E-state index in [0.29, 0.717) is 6.61 Å². The molecule has 1 N–H and O–H groups in total. The van der Waals surface area contributed by atoms with Crippen LogP contribution in [0.15, 0.2) is 35.8 Å². The number of thiophene rings is 1. The van der Waals surface area contributed by atoms with Gasteiger partial charge in [-0.05, 0) is 30.6 Å². The fourth-order valence-electron chi connectivity index (χ4n) is 1.33.